The Morgan fingerprint density at radius 1 is 1.50 bits per heavy atom. The lowest BCUT2D eigenvalue weighted by Crippen LogP contribution is -2.24. The second-order valence-electron chi connectivity index (χ2n) is 2.22. The topological polar surface area (TPSA) is 56.0 Å². The van der Waals surface area contributed by atoms with Crippen LogP contribution in [0.5, 0.6) is 0 Å². The van der Waals surface area contributed by atoms with Gasteiger partial charge in [-0.3, -0.25) is 0 Å². The van der Waals surface area contributed by atoms with E-state index >= 15 is 0 Å². The van der Waals surface area contributed by atoms with Crippen molar-refractivity contribution in [2.45, 2.75) is 27.2 Å². The first-order chi connectivity index (χ1) is 5.85. The van der Waals surface area contributed by atoms with Crippen LogP contribution in [-0.4, -0.2) is 24.8 Å². The first kappa shape index (κ1) is 14.0. The molecule has 2 N–H and O–H groups in total. The van der Waals surface area contributed by atoms with Crippen molar-refractivity contribution >= 4 is 0 Å². The zero-order valence-electron chi connectivity index (χ0n) is 8.30. The van der Waals surface area contributed by atoms with Gasteiger partial charge in [-0.25, -0.2) is 0 Å². The fraction of sp³-hybridized carbons (Fsp3) is 0.889. The number of aliphatic hydroxyl groups excluding tert-OH is 1. The van der Waals surface area contributed by atoms with E-state index < -0.39 is 0 Å². The average Bonchev–Trinajstić information content (AvgIpc) is 2.15. The van der Waals surface area contributed by atoms with E-state index in [1.165, 1.54) is 0 Å². The maximum atomic E-state index is 8.69. The highest BCUT2D eigenvalue weighted by molar-refractivity contribution is 4.76. The van der Waals surface area contributed by atoms with Crippen LogP contribution in [0.3, 0.4) is 0 Å². The molecule has 0 aromatic rings. The highest BCUT2D eigenvalue weighted by atomic mass is 16.3. The summed E-state index contributed by atoms with van der Waals surface area (Å²) in [5.74, 6) is 0.102. The minimum Gasteiger partial charge on any atom is -0.396 e. The van der Waals surface area contributed by atoms with Gasteiger partial charge >= 0.3 is 0 Å². The third-order valence-electron chi connectivity index (χ3n) is 1.32. The van der Waals surface area contributed by atoms with Crippen LogP contribution in [0.4, 0.5) is 0 Å². The van der Waals surface area contributed by atoms with Crippen molar-refractivity contribution < 1.29 is 5.11 Å². The Morgan fingerprint density at radius 2 is 2.08 bits per heavy atom. The summed E-state index contributed by atoms with van der Waals surface area (Å²) in [5.41, 5.74) is 0. The molecule has 0 rings (SSSR count). The summed E-state index contributed by atoms with van der Waals surface area (Å²) in [6.07, 6.45) is 0.434. The first-order valence-electron chi connectivity index (χ1n) is 4.53. The Kier molecular flexibility index (Phi) is 15.2. The largest absolute Gasteiger partial charge is 0.396 e. The standard InChI is InChI=1S/C7H14N2O.C2H6/c1-2-9-5-7(6-10)3-4-8;1-2/h7,9-10H,2-3,5-6H2,1H3;1-2H3. The number of hydrogen-bond acceptors (Lipinski definition) is 3. The third kappa shape index (κ3) is 9.41. The molecular weight excluding hydrogens is 152 g/mol. The van der Waals surface area contributed by atoms with Crippen molar-refractivity contribution in [1.29, 1.82) is 5.26 Å². The van der Waals surface area contributed by atoms with Crippen molar-refractivity contribution in [1.82, 2.24) is 5.32 Å². The van der Waals surface area contributed by atoms with Crippen LogP contribution in [0.1, 0.15) is 27.2 Å². The van der Waals surface area contributed by atoms with E-state index in [1.807, 2.05) is 26.8 Å². The van der Waals surface area contributed by atoms with Gasteiger partial charge in [0.2, 0.25) is 0 Å². The zero-order chi connectivity index (χ0) is 9.82. The summed E-state index contributed by atoms with van der Waals surface area (Å²) >= 11 is 0. The number of aliphatic hydroxyl groups is 1. The number of hydrogen-bond donors (Lipinski definition) is 2. The molecule has 1 unspecified atom stereocenters. The maximum Gasteiger partial charge on any atom is 0.0626 e. The summed E-state index contributed by atoms with van der Waals surface area (Å²) < 4.78 is 0. The van der Waals surface area contributed by atoms with E-state index in [0.717, 1.165) is 13.1 Å². The highest BCUT2D eigenvalue weighted by Crippen LogP contribution is 1.97. The quantitative estimate of drug-likeness (QED) is 0.654. The van der Waals surface area contributed by atoms with Crippen LogP contribution in [0.25, 0.3) is 0 Å². The fourth-order valence-electron chi connectivity index (χ4n) is 0.679. The smallest absolute Gasteiger partial charge is 0.0626 e. The summed E-state index contributed by atoms with van der Waals surface area (Å²) in [5, 5.41) is 20.0. The number of nitrogens with one attached hydrogen (secondary N) is 1. The average molecular weight is 172 g/mol. The van der Waals surface area contributed by atoms with Crippen molar-refractivity contribution in [2.75, 3.05) is 19.7 Å². The molecule has 0 aromatic carbocycles. The molecule has 0 aliphatic carbocycles. The minimum absolute atomic E-state index is 0.0978. The predicted octanol–water partition coefficient (Wildman–Crippen LogP) is 1.14. The zero-order valence-corrected chi connectivity index (χ0v) is 8.30. The van der Waals surface area contributed by atoms with Gasteiger partial charge in [-0.2, -0.15) is 5.26 Å². The molecule has 0 fully saturated rings. The summed E-state index contributed by atoms with van der Waals surface area (Å²) in [6, 6.07) is 2.03. The van der Waals surface area contributed by atoms with Gasteiger partial charge < -0.3 is 10.4 Å². The molecular formula is C9H20N2O. The fourth-order valence-corrected chi connectivity index (χ4v) is 0.679. The molecule has 0 spiro atoms. The van der Waals surface area contributed by atoms with Crippen LogP contribution in [-0.2, 0) is 0 Å². The van der Waals surface area contributed by atoms with Crippen molar-refractivity contribution in [3.63, 3.8) is 0 Å². The van der Waals surface area contributed by atoms with E-state index in [2.05, 4.69) is 5.32 Å². The minimum atomic E-state index is 0.0978. The number of rotatable bonds is 5. The monoisotopic (exact) mass is 172 g/mol. The molecule has 72 valence electrons. The van der Waals surface area contributed by atoms with Gasteiger partial charge in [0.05, 0.1) is 6.07 Å². The molecule has 0 aliphatic heterocycles. The van der Waals surface area contributed by atoms with Crippen molar-refractivity contribution in [3.05, 3.63) is 0 Å². The molecule has 0 bridgehead atoms. The summed E-state index contributed by atoms with van der Waals surface area (Å²) in [7, 11) is 0. The van der Waals surface area contributed by atoms with E-state index in [9.17, 15) is 0 Å². The van der Waals surface area contributed by atoms with Gasteiger partial charge in [-0.1, -0.05) is 20.8 Å². The van der Waals surface area contributed by atoms with Crippen LogP contribution < -0.4 is 5.32 Å². The molecule has 0 aromatic heterocycles. The molecule has 0 saturated heterocycles. The third-order valence-corrected chi connectivity index (χ3v) is 1.32. The number of nitriles is 1. The maximum absolute atomic E-state index is 8.69. The second-order valence-corrected chi connectivity index (χ2v) is 2.22. The first-order valence-corrected chi connectivity index (χ1v) is 4.53. The van der Waals surface area contributed by atoms with Crippen LogP contribution in [0.2, 0.25) is 0 Å². The van der Waals surface area contributed by atoms with Crippen molar-refractivity contribution in [2.24, 2.45) is 5.92 Å². The lowest BCUT2D eigenvalue weighted by molar-refractivity contribution is 0.225. The van der Waals surface area contributed by atoms with Gasteiger partial charge in [0.1, 0.15) is 0 Å². The molecule has 3 heteroatoms. The Balaban J connectivity index is 0. The summed E-state index contributed by atoms with van der Waals surface area (Å²) in [4.78, 5) is 0. The van der Waals surface area contributed by atoms with Gasteiger partial charge in [-0.05, 0) is 6.54 Å². The van der Waals surface area contributed by atoms with Crippen LogP contribution >= 0.6 is 0 Å². The molecule has 0 saturated carbocycles. The molecule has 0 amide bonds. The van der Waals surface area contributed by atoms with Crippen molar-refractivity contribution in [3.8, 4) is 6.07 Å². The van der Waals surface area contributed by atoms with Crippen LogP contribution in [0, 0.1) is 17.2 Å². The van der Waals surface area contributed by atoms with E-state index in [0.29, 0.717) is 6.42 Å². The lowest BCUT2D eigenvalue weighted by Gasteiger charge is -2.08. The number of nitrogens with zero attached hydrogens (tertiary/aromatic N) is 1. The van der Waals surface area contributed by atoms with Gasteiger partial charge in [0, 0.05) is 25.5 Å². The Bertz CT molecular complexity index is 110. The van der Waals surface area contributed by atoms with E-state index in [-0.39, 0.29) is 12.5 Å². The molecule has 0 aliphatic rings. The van der Waals surface area contributed by atoms with Crippen LogP contribution in [0.15, 0.2) is 0 Å². The normalized spacial score (nSPS) is 10.9. The Labute approximate surface area is 75.4 Å². The Morgan fingerprint density at radius 3 is 2.42 bits per heavy atom. The van der Waals surface area contributed by atoms with E-state index in [1.54, 1.807) is 0 Å². The molecule has 1 atom stereocenters. The summed E-state index contributed by atoms with van der Waals surface area (Å²) in [6.45, 7) is 7.73. The van der Waals surface area contributed by atoms with Gasteiger partial charge in [0.25, 0.3) is 0 Å². The molecule has 12 heavy (non-hydrogen) atoms. The molecule has 3 nitrogen and oxygen atoms in total. The lowest BCUT2D eigenvalue weighted by atomic mass is 10.1. The van der Waals surface area contributed by atoms with Gasteiger partial charge in [-0.15, -0.1) is 0 Å². The Hall–Kier alpha value is -0.590. The second kappa shape index (κ2) is 13.0. The van der Waals surface area contributed by atoms with Gasteiger partial charge in [0.15, 0.2) is 0 Å². The predicted molar refractivity (Wildman–Crippen MR) is 50.7 cm³/mol. The SMILES string of the molecule is CC.CCNCC(CO)CC#N. The molecule has 0 heterocycles. The molecule has 0 radical (unpaired) electrons. The van der Waals surface area contributed by atoms with E-state index in [4.69, 9.17) is 10.4 Å². The highest BCUT2D eigenvalue weighted by Gasteiger charge is 2.04.